The van der Waals surface area contributed by atoms with E-state index in [0.29, 0.717) is 28.3 Å². The van der Waals surface area contributed by atoms with Crippen LogP contribution in [0.5, 0.6) is 11.5 Å². The molecule has 0 aliphatic carbocycles. The topological polar surface area (TPSA) is 76.6 Å². The SMILES string of the molecule is CN(C(=O)c1ccc2c(=O)n(-c3ccccc3F)c(=S)[nH]c2c1)c1ccc2c(c1)OCO2. The van der Waals surface area contributed by atoms with Crippen molar-refractivity contribution in [2.75, 3.05) is 18.7 Å². The van der Waals surface area contributed by atoms with Gasteiger partial charge in [0.25, 0.3) is 11.5 Å². The molecule has 0 fully saturated rings. The minimum atomic E-state index is -0.564. The second kappa shape index (κ2) is 7.61. The highest BCUT2D eigenvalue weighted by Gasteiger charge is 2.20. The summed E-state index contributed by atoms with van der Waals surface area (Å²) in [7, 11) is 1.64. The number of carbonyl (C=O) groups excluding carboxylic acids is 1. The maximum atomic E-state index is 14.3. The van der Waals surface area contributed by atoms with Gasteiger partial charge in [-0.3, -0.25) is 9.59 Å². The first-order valence-corrected chi connectivity index (χ1v) is 10.1. The molecule has 1 N–H and O–H groups in total. The Morgan fingerprint density at radius 3 is 2.69 bits per heavy atom. The van der Waals surface area contributed by atoms with Crippen LogP contribution in [0.25, 0.3) is 16.6 Å². The van der Waals surface area contributed by atoms with Gasteiger partial charge in [0, 0.05) is 24.4 Å². The van der Waals surface area contributed by atoms with E-state index < -0.39 is 11.4 Å². The second-order valence-electron chi connectivity index (χ2n) is 7.18. The van der Waals surface area contributed by atoms with Crippen molar-refractivity contribution in [2.45, 2.75) is 0 Å². The van der Waals surface area contributed by atoms with E-state index >= 15 is 0 Å². The Bertz CT molecular complexity index is 1510. The average Bonchev–Trinajstić information content (AvgIpc) is 3.27. The summed E-state index contributed by atoms with van der Waals surface area (Å²) >= 11 is 5.31. The number of anilines is 1. The first-order chi connectivity index (χ1) is 15.4. The summed E-state index contributed by atoms with van der Waals surface area (Å²) in [4.78, 5) is 30.5. The number of rotatable bonds is 3. The summed E-state index contributed by atoms with van der Waals surface area (Å²) in [5, 5.41) is 0.282. The zero-order valence-corrected chi connectivity index (χ0v) is 17.6. The van der Waals surface area contributed by atoms with Crippen molar-refractivity contribution in [3.63, 3.8) is 0 Å². The van der Waals surface area contributed by atoms with Gasteiger partial charge in [0.1, 0.15) is 5.82 Å². The number of nitrogens with zero attached hydrogens (tertiary/aromatic N) is 2. The molecule has 0 bridgehead atoms. The molecule has 160 valence electrons. The Balaban J connectivity index is 1.54. The Morgan fingerprint density at radius 2 is 1.88 bits per heavy atom. The Kier molecular flexibility index (Phi) is 4.75. The fourth-order valence-electron chi connectivity index (χ4n) is 3.61. The lowest BCUT2D eigenvalue weighted by molar-refractivity contribution is 0.0993. The van der Waals surface area contributed by atoms with Crippen molar-refractivity contribution in [1.82, 2.24) is 9.55 Å². The number of hydrogen-bond donors (Lipinski definition) is 1. The molecule has 7 nitrogen and oxygen atoms in total. The Hall–Kier alpha value is -3.98. The van der Waals surface area contributed by atoms with E-state index in [1.165, 1.54) is 29.2 Å². The zero-order chi connectivity index (χ0) is 22.4. The van der Waals surface area contributed by atoms with E-state index in [0.717, 1.165) is 4.57 Å². The molecule has 3 aromatic carbocycles. The van der Waals surface area contributed by atoms with Crippen LogP contribution in [0.2, 0.25) is 0 Å². The van der Waals surface area contributed by atoms with Crippen LogP contribution in [0.15, 0.2) is 65.5 Å². The molecule has 0 spiro atoms. The van der Waals surface area contributed by atoms with Gasteiger partial charge in [0.15, 0.2) is 16.3 Å². The summed E-state index contributed by atoms with van der Waals surface area (Å²) in [6.45, 7) is 0.144. The predicted octanol–water partition coefficient (Wildman–Crippen LogP) is 4.19. The van der Waals surface area contributed by atoms with Crippen LogP contribution in [0.3, 0.4) is 0 Å². The third-order valence-corrected chi connectivity index (χ3v) is 5.57. The molecular weight excluding hydrogens is 433 g/mol. The van der Waals surface area contributed by atoms with Crippen LogP contribution in [-0.4, -0.2) is 29.3 Å². The fourth-order valence-corrected chi connectivity index (χ4v) is 3.90. The number of H-pyrrole nitrogens is 1. The lowest BCUT2D eigenvalue weighted by Gasteiger charge is -2.18. The highest BCUT2D eigenvalue weighted by Crippen LogP contribution is 2.35. The number of hydrogen-bond acceptors (Lipinski definition) is 5. The zero-order valence-electron chi connectivity index (χ0n) is 16.8. The van der Waals surface area contributed by atoms with Crippen molar-refractivity contribution < 1.29 is 18.7 Å². The molecule has 1 aromatic heterocycles. The van der Waals surface area contributed by atoms with Gasteiger partial charge in [-0.05, 0) is 54.7 Å². The number of ether oxygens (including phenoxy) is 2. The highest BCUT2D eigenvalue weighted by atomic mass is 32.1. The second-order valence-corrected chi connectivity index (χ2v) is 7.57. The van der Waals surface area contributed by atoms with Crippen molar-refractivity contribution in [1.29, 1.82) is 0 Å². The minimum Gasteiger partial charge on any atom is -0.454 e. The van der Waals surface area contributed by atoms with Crippen LogP contribution in [0.1, 0.15) is 10.4 Å². The number of para-hydroxylation sites is 1. The molecule has 32 heavy (non-hydrogen) atoms. The largest absolute Gasteiger partial charge is 0.454 e. The molecule has 0 unspecified atom stereocenters. The smallest absolute Gasteiger partial charge is 0.266 e. The first kappa shape index (κ1) is 20.0. The molecule has 0 radical (unpaired) electrons. The van der Waals surface area contributed by atoms with Gasteiger partial charge in [-0.2, -0.15) is 0 Å². The van der Waals surface area contributed by atoms with Gasteiger partial charge >= 0.3 is 0 Å². The normalized spacial score (nSPS) is 12.2. The fraction of sp³-hybridized carbons (Fsp3) is 0.0870. The number of carbonyl (C=O) groups is 1. The van der Waals surface area contributed by atoms with Crippen LogP contribution in [0, 0.1) is 10.6 Å². The summed E-state index contributed by atoms with van der Waals surface area (Å²) in [5.41, 5.74) is 0.950. The van der Waals surface area contributed by atoms with Crippen molar-refractivity contribution >= 4 is 34.7 Å². The number of nitrogens with one attached hydrogen (secondary N) is 1. The summed E-state index contributed by atoms with van der Waals surface area (Å²) in [5.74, 6) is 0.339. The van der Waals surface area contributed by atoms with Crippen molar-refractivity contribution in [3.05, 3.63) is 87.2 Å². The van der Waals surface area contributed by atoms with E-state index in [1.54, 1.807) is 43.4 Å². The number of fused-ring (bicyclic) bond motifs is 2. The minimum absolute atomic E-state index is 0.0290. The quantitative estimate of drug-likeness (QED) is 0.475. The number of amides is 1. The molecule has 0 saturated carbocycles. The summed E-state index contributed by atoms with van der Waals surface area (Å²) in [6.07, 6.45) is 0. The highest BCUT2D eigenvalue weighted by molar-refractivity contribution is 7.71. The lowest BCUT2D eigenvalue weighted by atomic mass is 10.1. The van der Waals surface area contributed by atoms with Crippen LogP contribution >= 0.6 is 12.2 Å². The van der Waals surface area contributed by atoms with Gasteiger partial charge in [0.05, 0.1) is 16.6 Å². The third kappa shape index (κ3) is 3.23. The molecule has 9 heteroatoms. The summed E-state index contributed by atoms with van der Waals surface area (Å²) in [6, 6.07) is 15.8. The number of aromatic amines is 1. The van der Waals surface area contributed by atoms with E-state index in [1.807, 2.05) is 0 Å². The molecule has 0 saturated heterocycles. The predicted molar refractivity (Wildman–Crippen MR) is 120 cm³/mol. The van der Waals surface area contributed by atoms with E-state index in [9.17, 15) is 14.0 Å². The van der Waals surface area contributed by atoms with E-state index in [2.05, 4.69) is 4.98 Å². The third-order valence-electron chi connectivity index (χ3n) is 5.29. The monoisotopic (exact) mass is 449 g/mol. The van der Waals surface area contributed by atoms with Gasteiger partial charge in [0.2, 0.25) is 6.79 Å². The van der Waals surface area contributed by atoms with Crippen LogP contribution in [-0.2, 0) is 0 Å². The molecule has 2 heterocycles. The van der Waals surface area contributed by atoms with Gasteiger partial charge in [-0.25, -0.2) is 8.96 Å². The van der Waals surface area contributed by atoms with Gasteiger partial charge < -0.3 is 19.4 Å². The van der Waals surface area contributed by atoms with Gasteiger partial charge in [-0.1, -0.05) is 12.1 Å². The van der Waals surface area contributed by atoms with Gasteiger partial charge in [-0.15, -0.1) is 0 Å². The van der Waals surface area contributed by atoms with Crippen molar-refractivity contribution in [3.8, 4) is 17.2 Å². The molecule has 1 aliphatic rings. The Morgan fingerprint density at radius 1 is 1.09 bits per heavy atom. The van der Waals surface area contributed by atoms with Crippen LogP contribution < -0.4 is 19.9 Å². The van der Waals surface area contributed by atoms with Crippen LogP contribution in [0.4, 0.5) is 10.1 Å². The maximum absolute atomic E-state index is 14.3. The molecule has 1 aliphatic heterocycles. The van der Waals surface area contributed by atoms with Crippen molar-refractivity contribution in [2.24, 2.45) is 0 Å². The molecule has 1 amide bonds. The average molecular weight is 449 g/mol. The number of benzene rings is 3. The Labute approximate surface area is 186 Å². The molecule has 0 atom stereocenters. The number of aromatic nitrogens is 2. The molecular formula is C23H16FN3O4S. The number of halogens is 1. The standard InChI is InChI=1S/C23H16FN3O4S/c1-26(14-7-9-19-20(11-14)31-12-30-19)21(28)13-6-8-15-17(10-13)25-23(32)27(22(15)29)18-5-3-2-4-16(18)24/h2-11H,12H2,1H3,(H,25,32). The molecule has 4 aromatic rings. The van der Waals surface area contributed by atoms with E-state index in [4.69, 9.17) is 21.7 Å². The first-order valence-electron chi connectivity index (χ1n) is 9.66. The molecule has 5 rings (SSSR count). The van der Waals surface area contributed by atoms with E-state index in [-0.39, 0.29) is 28.5 Å². The lowest BCUT2D eigenvalue weighted by Crippen LogP contribution is -2.26. The maximum Gasteiger partial charge on any atom is 0.266 e. The summed E-state index contributed by atoms with van der Waals surface area (Å²) < 4.78 is 26.1.